The zero-order chi connectivity index (χ0) is 10.7. The maximum atomic E-state index is 11.6. The third-order valence-corrected chi connectivity index (χ3v) is 3.37. The number of carbonyl (C=O) groups is 1. The van der Waals surface area contributed by atoms with Crippen LogP contribution in [0.2, 0.25) is 0 Å². The van der Waals surface area contributed by atoms with Crippen LogP contribution in [0.4, 0.5) is 0 Å². The lowest BCUT2D eigenvalue weighted by Crippen LogP contribution is -2.63. The van der Waals surface area contributed by atoms with Crippen molar-refractivity contribution >= 4 is 5.91 Å². The normalized spacial score (nSPS) is 27.9. The van der Waals surface area contributed by atoms with Crippen LogP contribution in [0.15, 0.2) is 0 Å². The van der Waals surface area contributed by atoms with Crippen LogP contribution >= 0.6 is 0 Å². The molecule has 2 aliphatic rings. The summed E-state index contributed by atoms with van der Waals surface area (Å²) in [7, 11) is 0. The molecule has 0 bridgehead atoms. The molecule has 2 fully saturated rings. The first-order chi connectivity index (χ1) is 7.31. The number of carbonyl (C=O) groups excluding carboxylic acids is 1. The molecule has 4 nitrogen and oxygen atoms in total. The first-order valence-electron chi connectivity index (χ1n) is 6.04. The molecule has 2 heterocycles. The summed E-state index contributed by atoms with van der Waals surface area (Å²) >= 11 is 0. The zero-order valence-electron chi connectivity index (χ0n) is 9.54. The first kappa shape index (κ1) is 10.9. The Morgan fingerprint density at radius 2 is 2.33 bits per heavy atom. The molecule has 0 aromatic heterocycles. The quantitative estimate of drug-likeness (QED) is 0.708. The van der Waals surface area contributed by atoms with Crippen molar-refractivity contribution in [2.75, 3.05) is 39.3 Å². The van der Waals surface area contributed by atoms with Gasteiger partial charge in [-0.3, -0.25) is 9.69 Å². The Labute approximate surface area is 91.6 Å². The lowest BCUT2D eigenvalue weighted by atomic mass is 10.1. The number of amides is 1. The van der Waals surface area contributed by atoms with Crippen LogP contribution < -0.4 is 5.32 Å². The molecule has 0 radical (unpaired) electrons. The molecule has 0 spiro atoms. The van der Waals surface area contributed by atoms with Crippen LogP contribution in [-0.2, 0) is 4.79 Å². The second-order valence-corrected chi connectivity index (χ2v) is 4.53. The van der Waals surface area contributed by atoms with E-state index in [4.69, 9.17) is 0 Å². The van der Waals surface area contributed by atoms with Crippen LogP contribution in [0.3, 0.4) is 0 Å². The van der Waals surface area contributed by atoms with Gasteiger partial charge in [-0.25, -0.2) is 0 Å². The molecule has 86 valence electrons. The number of rotatable bonds is 3. The maximum Gasteiger partial charge on any atom is 0.236 e. The minimum Gasteiger partial charge on any atom is -0.335 e. The Bertz CT molecular complexity index is 232. The minimum atomic E-state index is 0.279. The zero-order valence-corrected chi connectivity index (χ0v) is 9.54. The van der Waals surface area contributed by atoms with E-state index in [1.165, 1.54) is 19.4 Å². The lowest BCUT2D eigenvalue weighted by molar-refractivity contribution is -0.137. The summed E-state index contributed by atoms with van der Waals surface area (Å²) in [6.45, 7) is 7.95. The van der Waals surface area contributed by atoms with Gasteiger partial charge in [0.1, 0.15) is 0 Å². The number of fused-ring (bicyclic) bond motifs is 1. The Kier molecular flexibility index (Phi) is 3.59. The largest absolute Gasteiger partial charge is 0.335 e. The highest BCUT2D eigenvalue weighted by Crippen LogP contribution is 2.12. The average molecular weight is 211 g/mol. The summed E-state index contributed by atoms with van der Waals surface area (Å²) in [4.78, 5) is 16.1. The van der Waals surface area contributed by atoms with E-state index in [1.807, 2.05) is 0 Å². The molecule has 4 heteroatoms. The van der Waals surface area contributed by atoms with E-state index in [0.717, 1.165) is 26.2 Å². The summed E-state index contributed by atoms with van der Waals surface area (Å²) in [5.41, 5.74) is 0. The summed E-state index contributed by atoms with van der Waals surface area (Å²) in [5, 5.41) is 3.19. The predicted molar refractivity (Wildman–Crippen MR) is 59.7 cm³/mol. The predicted octanol–water partition coefficient (Wildman–Crippen LogP) is -0.0975. The molecule has 1 atom stereocenters. The van der Waals surface area contributed by atoms with Crippen LogP contribution in [0.25, 0.3) is 0 Å². The van der Waals surface area contributed by atoms with Gasteiger partial charge in [-0.05, 0) is 13.0 Å². The fourth-order valence-corrected chi connectivity index (χ4v) is 2.45. The molecule has 1 unspecified atom stereocenters. The van der Waals surface area contributed by atoms with Gasteiger partial charge in [-0.2, -0.15) is 0 Å². The fraction of sp³-hybridized carbons (Fsp3) is 0.909. The summed E-state index contributed by atoms with van der Waals surface area (Å²) in [5.74, 6) is 0.279. The van der Waals surface area contributed by atoms with Crippen molar-refractivity contribution in [2.45, 2.75) is 25.8 Å². The van der Waals surface area contributed by atoms with Crippen molar-refractivity contribution in [3.63, 3.8) is 0 Å². The molecule has 0 saturated carbocycles. The highest BCUT2D eigenvalue weighted by molar-refractivity contribution is 5.79. The average Bonchev–Trinajstić information content (AvgIpc) is 2.26. The fourth-order valence-electron chi connectivity index (χ4n) is 2.45. The second-order valence-electron chi connectivity index (χ2n) is 4.53. The number of hydrogen-bond acceptors (Lipinski definition) is 3. The van der Waals surface area contributed by atoms with Crippen molar-refractivity contribution in [3.8, 4) is 0 Å². The molecular formula is C11H21N3O. The smallest absolute Gasteiger partial charge is 0.236 e. The van der Waals surface area contributed by atoms with Crippen LogP contribution in [0.5, 0.6) is 0 Å². The molecule has 0 aromatic rings. The third-order valence-electron chi connectivity index (χ3n) is 3.37. The highest BCUT2D eigenvalue weighted by atomic mass is 16.2. The molecule has 0 aromatic carbocycles. The summed E-state index contributed by atoms with van der Waals surface area (Å²) in [6, 6.07) is 0.414. The van der Waals surface area contributed by atoms with Gasteiger partial charge < -0.3 is 10.2 Å². The molecule has 2 rings (SSSR count). The van der Waals surface area contributed by atoms with Crippen molar-refractivity contribution in [1.29, 1.82) is 0 Å². The topological polar surface area (TPSA) is 35.6 Å². The Morgan fingerprint density at radius 1 is 1.47 bits per heavy atom. The van der Waals surface area contributed by atoms with E-state index in [1.54, 1.807) is 0 Å². The number of piperazine rings is 2. The van der Waals surface area contributed by atoms with Crippen molar-refractivity contribution in [3.05, 3.63) is 0 Å². The molecule has 2 aliphatic heterocycles. The van der Waals surface area contributed by atoms with Crippen LogP contribution in [-0.4, -0.2) is 61.0 Å². The van der Waals surface area contributed by atoms with Crippen molar-refractivity contribution < 1.29 is 4.79 Å². The van der Waals surface area contributed by atoms with Gasteiger partial charge in [0.2, 0.25) is 5.91 Å². The standard InChI is InChI=1S/C11H21N3O/c1-2-3-4-13-5-6-14-10(9-13)7-12-8-11(14)15/h10,12H,2-9H2,1H3. The Morgan fingerprint density at radius 3 is 3.13 bits per heavy atom. The first-order valence-corrected chi connectivity index (χ1v) is 6.04. The van der Waals surface area contributed by atoms with Crippen LogP contribution in [0.1, 0.15) is 19.8 Å². The van der Waals surface area contributed by atoms with E-state index in [-0.39, 0.29) is 5.91 Å². The number of unbranched alkanes of at least 4 members (excludes halogenated alkanes) is 1. The highest BCUT2D eigenvalue weighted by Gasteiger charge is 2.32. The van der Waals surface area contributed by atoms with E-state index >= 15 is 0 Å². The van der Waals surface area contributed by atoms with E-state index in [0.29, 0.717) is 12.6 Å². The molecule has 15 heavy (non-hydrogen) atoms. The van der Waals surface area contributed by atoms with Gasteiger partial charge in [-0.1, -0.05) is 13.3 Å². The second kappa shape index (κ2) is 4.94. The number of nitrogens with one attached hydrogen (secondary N) is 1. The molecule has 1 N–H and O–H groups in total. The van der Waals surface area contributed by atoms with Gasteiger partial charge in [0.25, 0.3) is 0 Å². The van der Waals surface area contributed by atoms with Gasteiger partial charge in [0.15, 0.2) is 0 Å². The van der Waals surface area contributed by atoms with Gasteiger partial charge in [0.05, 0.1) is 12.6 Å². The molecule has 2 saturated heterocycles. The van der Waals surface area contributed by atoms with Gasteiger partial charge in [-0.15, -0.1) is 0 Å². The Balaban J connectivity index is 1.85. The molecule has 0 aliphatic carbocycles. The van der Waals surface area contributed by atoms with Gasteiger partial charge in [0, 0.05) is 26.2 Å². The lowest BCUT2D eigenvalue weighted by Gasteiger charge is -2.44. The Hall–Kier alpha value is -0.610. The van der Waals surface area contributed by atoms with E-state index < -0.39 is 0 Å². The maximum absolute atomic E-state index is 11.6. The van der Waals surface area contributed by atoms with E-state index in [2.05, 4.69) is 22.0 Å². The van der Waals surface area contributed by atoms with Crippen LogP contribution in [0, 0.1) is 0 Å². The van der Waals surface area contributed by atoms with Crippen molar-refractivity contribution in [2.24, 2.45) is 0 Å². The summed E-state index contributed by atoms with van der Waals surface area (Å²) in [6.07, 6.45) is 2.52. The number of hydrogen-bond donors (Lipinski definition) is 1. The molecule has 1 amide bonds. The SMILES string of the molecule is CCCCN1CCN2C(=O)CNCC2C1. The van der Waals surface area contributed by atoms with Crippen molar-refractivity contribution in [1.82, 2.24) is 15.1 Å². The third kappa shape index (κ3) is 2.49. The number of nitrogens with zero attached hydrogens (tertiary/aromatic N) is 2. The van der Waals surface area contributed by atoms with E-state index in [9.17, 15) is 4.79 Å². The monoisotopic (exact) mass is 211 g/mol. The molecular weight excluding hydrogens is 190 g/mol. The minimum absolute atomic E-state index is 0.279. The summed E-state index contributed by atoms with van der Waals surface area (Å²) < 4.78 is 0. The van der Waals surface area contributed by atoms with Gasteiger partial charge >= 0.3 is 0 Å².